The molecule has 0 unspecified atom stereocenters. The molecule has 0 aliphatic carbocycles. The van der Waals surface area contributed by atoms with Crippen molar-refractivity contribution in [2.24, 2.45) is 0 Å². The number of ketones is 1. The van der Waals surface area contributed by atoms with Gasteiger partial charge >= 0.3 is 5.69 Å². The molecular formula is C31H37N3O7S. The molecule has 0 amide bonds. The zero-order valence-corrected chi connectivity index (χ0v) is 25.5. The quantitative estimate of drug-likeness (QED) is 0.231. The monoisotopic (exact) mass is 595 g/mol. The standard InChI is InChI=1S/C31H37N3O7S/c1-6-9-24(35)31(3,4)34-28(36)25-19(2)26(27-32-14-17-40-27)42-29(25)33(30(34)37)18-23(41-20-12-15-39-16-13-20)21-10-7-8-11-22(21)38-5/h7-8,10-11,14,17,20,23H,6,9,12-13,15-16,18H2,1-5H3/t23-/m0/s1. The van der Waals surface area contributed by atoms with Crippen LogP contribution in [0.3, 0.4) is 0 Å². The van der Waals surface area contributed by atoms with Crippen molar-refractivity contribution in [1.29, 1.82) is 0 Å². The van der Waals surface area contributed by atoms with Crippen LogP contribution in [0.5, 0.6) is 5.75 Å². The number of carbonyl (C=O) groups is 1. The van der Waals surface area contributed by atoms with E-state index in [1.54, 1.807) is 25.5 Å². The van der Waals surface area contributed by atoms with E-state index in [9.17, 15) is 14.4 Å². The van der Waals surface area contributed by atoms with E-state index in [4.69, 9.17) is 18.6 Å². The maximum atomic E-state index is 14.4. The van der Waals surface area contributed by atoms with Gasteiger partial charge in [0.25, 0.3) is 5.56 Å². The molecule has 4 aromatic rings. The van der Waals surface area contributed by atoms with Gasteiger partial charge in [0.15, 0.2) is 5.78 Å². The summed E-state index contributed by atoms with van der Waals surface area (Å²) in [5.41, 5.74) is -1.02. The van der Waals surface area contributed by atoms with E-state index in [0.29, 0.717) is 51.9 Å². The summed E-state index contributed by atoms with van der Waals surface area (Å²) in [5, 5.41) is 0.356. The van der Waals surface area contributed by atoms with Gasteiger partial charge in [-0.1, -0.05) is 25.1 Å². The average molecular weight is 596 g/mol. The Balaban J connectivity index is 1.75. The van der Waals surface area contributed by atoms with Crippen LogP contribution in [0.15, 0.2) is 50.7 Å². The number of fused-ring (bicyclic) bond motifs is 1. The van der Waals surface area contributed by atoms with E-state index in [1.165, 1.54) is 23.8 Å². The summed E-state index contributed by atoms with van der Waals surface area (Å²) in [6.45, 7) is 8.26. The molecule has 1 aromatic carbocycles. The number of Topliss-reactive ketones (excluding diaryl/α,β-unsaturated/α-hetero) is 1. The highest BCUT2D eigenvalue weighted by Gasteiger charge is 2.36. The zero-order valence-electron chi connectivity index (χ0n) is 24.7. The summed E-state index contributed by atoms with van der Waals surface area (Å²) in [4.78, 5) is 47.3. The zero-order chi connectivity index (χ0) is 30.0. The summed E-state index contributed by atoms with van der Waals surface area (Å²) in [5.74, 6) is 0.809. The first-order chi connectivity index (χ1) is 20.2. The highest BCUT2D eigenvalue weighted by Crippen LogP contribution is 2.38. The van der Waals surface area contributed by atoms with Crippen LogP contribution < -0.4 is 16.0 Å². The topological polar surface area (TPSA) is 115 Å². The van der Waals surface area contributed by atoms with Gasteiger partial charge < -0.3 is 18.6 Å². The molecule has 0 radical (unpaired) electrons. The highest BCUT2D eigenvalue weighted by molar-refractivity contribution is 7.22. The minimum atomic E-state index is -1.36. The molecule has 1 aliphatic rings. The summed E-state index contributed by atoms with van der Waals surface area (Å²) < 4.78 is 26.2. The first kappa shape index (κ1) is 29.9. The van der Waals surface area contributed by atoms with Crippen LogP contribution >= 0.6 is 11.3 Å². The Morgan fingerprint density at radius 3 is 2.62 bits per heavy atom. The normalized spacial score (nSPS) is 15.3. The van der Waals surface area contributed by atoms with E-state index < -0.39 is 22.9 Å². The van der Waals surface area contributed by atoms with Gasteiger partial charge in [-0.05, 0) is 51.7 Å². The van der Waals surface area contributed by atoms with Gasteiger partial charge in [-0.15, -0.1) is 11.3 Å². The first-order valence-corrected chi connectivity index (χ1v) is 15.1. The largest absolute Gasteiger partial charge is 0.496 e. The molecule has 10 nitrogen and oxygen atoms in total. The van der Waals surface area contributed by atoms with Crippen molar-refractivity contribution in [2.75, 3.05) is 20.3 Å². The number of hydrogen-bond acceptors (Lipinski definition) is 9. The third kappa shape index (κ3) is 5.48. The van der Waals surface area contributed by atoms with E-state index >= 15 is 0 Å². The summed E-state index contributed by atoms with van der Waals surface area (Å²) >= 11 is 1.27. The Kier molecular flexibility index (Phi) is 8.81. The molecule has 224 valence electrons. The second kappa shape index (κ2) is 12.4. The maximum absolute atomic E-state index is 14.4. The third-order valence-electron chi connectivity index (χ3n) is 7.92. The molecule has 0 spiro atoms. The molecule has 42 heavy (non-hydrogen) atoms. The molecule has 0 saturated carbocycles. The molecule has 1 fully saturated rings. The fraction of sp³-hybridized carbons (Fsp3) is 0.484. The Hall–Kier alpha value is -3.54. The fourth-order valence-electron chi connectivity index (χ4n) is 5.55. The molecule has 3 aromatic heterocycles. The van der Waals surface area contributed by atoms with Crippen molar-refractivity contribution in [3.8, 4) is 16.5 Å². The minimum absolute atomic E-state index is 0.0821. The van der Waals surface area contributed by atoms with Gasteiger partial charge in [-0.25, -0.2) is 14.3 Å². The number of hydrogen-bond donors (Lipinski definition) is 0. The summed E-state index contributed by atoms with van der Waals surface area (Å²) in [6.07, 6.45) is 4.64. The molecule has 11 heteroatoms. The highest BCUT2D eigenvalue weighted by atomic mass is 32.1. The molecular weight excluding hydrogens is 558 g/mol. The smallest absolute Gasteiger partial charge is 0.333 e. The summed E-state index contributed by atoms with van der Waals surface area (Å²) in [6, 6.07) is 7.57. The van der Waals surface area contributed by atoms with Gasteiger partial charge in [0.1, 0.15) is 28.5 Å². The van der Waals surface area contributed by atoms with Gasteiger partial charge in [-0.3, -0.25) is 14.2 Å². The number of carbonyl (C=O) groups excluding carboxylic acids is 1. The number of para-hydroxylation sites is 1. The number of methoxy groups -OCH3 is 1. The van der Waals surface area contributed by atoms with Crippen LogP contribution in [0.25, 0.3) is 21.0 Å². The Bertz CT molecular complexity index is 1680. The lowest BCUT2D eigenvalue weighted by Gasteiger charge is -2.30. The average Bonchev–Trinajstić information content (AvgIpc) is 3.63. The Labute approximate surface area is 247 Å². The van der Waals surface area contributed by atoms with Crippen LogP contribution in [0.1, 0.15) is 63.7 Å². The lowest BCUT2D eigenvalue weighted by Crippen LogP contribution is -2.52. The number of thiophene rings is 1. The van der Waals surface area contributed by atoms with Crippen molar-refractivity contribution >= 4 is 27.3 Å². The minimum Gasteiger partial charge on any atom is -0.496 e. The van der Waals surface area contributed by atoms with E-state index in [0.717, 1.165) is 23.0 Å². The number of rotatable bonds is 11. The van der Waals surface area contributed by atoms with Crippen LogP contribution in [-0.2, 0) is 26.4 Å². The molecule has 1 aliphatic heterocycles. The van der Waals surface area contributed by atoms with Crippen LogP contribution in [-0.4, -0.2) is 46.3 Å². The lowest BCUT2D eigenvalue weighted by molar-refractivity contribution is -0.126. The van der Waals surface area contributed by atoms with Crippen molar-refractivity contribution in [3.05, 3.63) is 68.7 Å². The number of aryl methyl sites for hydroxylation is 1. The second-order valence-electron chi connectivity index (χ2n) is 11.0. The fourth-order valence-corrected chi connectivity index (χ4v) is 6.80. The van der Waals surface area contributed by atoms with Gasteiger partial charge in [0.2, 0.25) is 5.89 Å². The number of ether oxygens (including phenoxy) is 3. The van der Waals surface area contributed by atoms with Crippen molar-refractivity contribution in [2.45, 2.75) is 77.7 Å². The van der Waals surface area contributed by atoms with Crippen LogP contribution in [0.2, 0.25) is 0 Å². The Morgan fingerprint density at radius 2 is 1.95 bits per heavy atom. The lowest BCUT2D eigenvalue weighted by atomic mass is 9.95. The van der Waals surface area contributed by atoms with E-state index in [1.807, 2.05) is 38.1 Å². The molecule has 0 bridgehead atoms. The van der Waals surface area contributed by atoms with E-state index in [2.05, 4.69) is 4.98 Å². The van der Waals surface area contributed by atoms with Gasteiger partial charge in [0.05, 0.1) is 36.2 Å². The van der Waals surface area contributed by atoms with E-state index in [-0.39, 0.29) is 24.9 Å². The van der Waals surface area contributed by atoms with Crippen molar-refractivity contribution < 1.29 is 23.4 Å². The SMILES string of the molecule is CCCC(=O)C(C)(C)n1c(=O)c2c(C)c(-c3ncco3)sc2n(C[C@H](OC2CCOCC2)c2ccccc2OC)c1=O. The number of nitrogens with zero attached hydrogens (tertiary/aromatic N) is 3. The summed E-state index contributed by atoms with van der Waals surface area (Å²) in [7, 11) is 1.60. The predicted octanol–water partition coefficient (Wildman–Crippen LogP) is 5.24. The molecule has 4 heterocycles. The molecule has 0 N–H and O–H groups in total. The van der Waals surface area contributed by atoms with Gasteiger partial charge in [-0.2, -0.15) is 0 Å². The molecule has 5 rings (SSSR count). The maximum Gasteiger partial charge on any atom is 0.333 e. The van der Waals surface area contributed by atoms with Crippen LogP contribution in [0.4, 0.5) is 0 Å². The third-order valence-corrected chi connectivity index (χ3v) is 9.22. The number of oxazole rings is 1. The first-order valence-electron chi connectivity index (χ1n) is 14.3. The van der Waals surface area contributed by atoms with Crippen LogP contribution in [0, 0.1) is 6.92 Å². The molecule has 1 atom stereocenters. The Morgan fingerprint density at radius 1 is 1.21 bits per heavy atom. The van der Waals surface area contributed by atoms with Crippen molar-refractivity contribution in [3.63, 3.8) is 0 Å². The molecule has 1 saturated heterocycles. The second-order valence-corrected chi connectivity index (χ2v) is 12.0. The number of aromatic nitrogens is 3. The number of benzene rings is 1. The van der Waals surface area contributed by atoms with Gasteiger partial charge in [0, 0.05) is 25.2 Å². The van der Waals surface area contributed by atoms with Crippen molar-refractivity contribution in [1.82, 2.24) is 14.1 Å². The predicted molar refractivity (Wildman–Crippen MR) is 160 cm³/mol.